The molecule has 0 aromatic heterocycles. The zero-order valence-corrected chi connectivity index (χ0v) is 14.9. The zero-order chi connectivity index (χ0) is 17.8. The molecule has 2 aromatic carbocycles. The third kappa shape index (κ3) is 4.06. The van der Waals surface area contributed by atoms with Crippen molar-refractivity contribution in [2.24, 2.45) is 0 Å². The standard InChI is InChI=1S/C19H21ClN2O3/c1-25-18-10-14(13-23)9-15(19(18)24)12-21-5-7-22(8-6-21)17-4-2-3-16(20)11-17/h2-4,9-11,13,24H,5-8,12H2,1H3. The van der Waals surface area contributed by atoms with E-state index in [-0.39, 0.29) is 5.75 Å². The molecule has 3 rings (SSSR count). The minimum absolute atomic E-state index is 0.102. The lowest BCUT2D eigenvalue weighted by Crippen LogP contribution is -2.46. The van der Waals surface area contributed by atoms with Crippen LogP contribution in [0.15, 0.2) is 36.4 Å². The molecule has 1 aliphatic heterocycles. The molecule has 132 valence electrons. The molecule has 0 radical (unpaired) electrons. The maximum absolute atomic E-state index is 11.1. The largest absolute Gasteiger partial charge is 0.504 e. The van der Waals surface area contributed by atoms with E-state index in [0.29, 0.717) is 23.4 Å². The topological polar surface area (TPSA) is 53.0 Å². The Hall–Kier alpha value is -2.24. The number of halogens is 1. The predicted octanol–water partition coefficient (Wildman–Crippen LogP) is 3.19. The molecule has 5 nitrogen and oxygen atoms in total. The number of hydrogen-bond acceptors (Lipinski definition) is 5. The highest BCUT2D eigenvalue weighted by molar-refractivity contribution is 6.30. The molecule has 0 aliphatic carbocycles. The van der Waals surface area contributed by atoms with E-state index in [4.69, 9.17) is 16.3 Å². The third-order valence-corrected chi connectivity index (χ3v) is 4.71. The lowest BCUT2D eigenvalue weighted by atomic mass is 10.1. The Morgan fingerprint density at radius 1 is 1.20 bits per heavy atom. The van der Waals surface area contributed by atoms with Gasteiger partial charge in [-0.3, -0.25) is 9.69 Å². The molecule has 1 N–H and O–H groups in total. The normalized spacial score (nSPS) is 15.2. The maximum atomic E-state index is 11.1. The van der Waals surface area contributed by atoms with Crippen molar-refractivity contribution in [1.29, 1.82) is 0 Å². The molecule has 25 heavy (non-hydrogen) atoms. The van der Waals surface area contributed by atoms with Gasteiger partial charge < -0.3 is 14.7 Å². The van der Waals surface area contributed by atoms with Crippen molar-refractivity contribution < 1.29 is 14.6 Å². The molecule has 1 heterocycles. The summed E-state index contributed by atoms with van der Waals surface area (Å²) < 4.78 is 5.16. The van der Waals surface area contributed by atoms with E-state index in [1.165, 1.54) is 7.11 Å². The van der Waals surface area contributed by atoms with Crippen molar-refractivity contribution in [1.82, 2.24) is 4.90 Å². The van der Waals surface area contributed by atoms with Crippen LogP contribution in [0.3, 0.4) is 0 Å². The molecular weight excluding hydrogens is 340 g/mol. The summed E-state index contributed by atoms with van der Waals surface area (Å²) in [6.45, 7) is 4.06. The monoisotopic (exact) mass is 360 g/mol. The highest BCUT2D eigenvalue weighted by Crippen LogP contribution is 2.32. The summed E-state index contributed by atoms with van der Waals surface area (Å²) in [5.74, 6) is 0.433. The zero-order valence-electron chi connectivity index (χ0n) is 14.1. The molecule has 2 aromatic rings. The van der Waals surface area contributed by atoms with Gasteiger partial charge >= 0.3 is 0 Å². The van der Waals surface area contributed by atoms with Gasteiger partial charge in [0.1, 0.15) is 6.29 Å². The van der Waals surface area contributed by atoms with E-state index >= 15 is 0 Å². The van der Waals surface area contributed by atoms with Crippen LogP contribution in [0.2, 0.25) is 5.02 Å². The van der Waals surface area contributed by atoms with E-state index in [1.54, 1.807) is 12.1 Å². The Morgan fingerprint density at radius 3 is 2.60 bits per heavy atom. The molecule has 0 bridgehead atoms. The molecule has 1 saturated heterocycles. The van der Waals surface area contributed by atoms with Crippen LogP contribution in [0.25, 0.3) is 0 Å². The van der Waals surface area contributed by atoms with Gasteiger partial charge in [0.25, 0.3) is 0 Å². The van der Waals surface area contributed by atoms with Crippen molar-refractivity contribution in [3.05, 3.63) is 52.5 Å². The van der Waals surface area contributed by atoms with Crippen molar-refractivity contribution >= 4 is 23.6 Å². The molecule has 1 fully saturated rings. The van der Waals surface area contributed by atoms with Crippen molar-refractivity contribution in [2.75, 3.05) is 38.2 Å². The van der Waals surface area contributed by atoms with Crippen LogP contribution in [0.5, 0.6) is 11.5 Å². The average Bonchev–Trinajstić information content (AvgIpc) is 2.64. The number of rotatable bonds is 5. The Balaban J connectivity index is 1.67. The minimum Gasteiger partial charge on any atom is -0.504 e. The summed E-state index contributed by atoms with van der Waals surface area (Å²) in [5, 5.41) is 11.0. The molecule has 0 unspecified atom stereocenters. The van der Waals surface area contributed by atoms with E-state index in [0.717, 1.165) is 43.2 Å². The van der Waals surface area contributed by atoms with Gasteiger partial charge in [0.2, 0.25) is 0 Å². The van der Waals surface area contributed by atoms with E-state index < -0.39 is 0 Å². The first-order chi connectivity index (χ1) is 12.1. The fourth-order valence-electron chi connectivity index (χ4n) is 3.11. The molecule has 0 spiro atoms. The fraction of sp³-hybridized carbons (Fsp3) is 0.316. The number of piperazine rings is 1. The highest BCUT2D eigenvalue weighted by Gasteiger charge is 2.20. The summed E-state index contributed by atoms with van der Waals surface area (Å²) in [4.78, 5) is 15.6. The first-order valence-electron chi connectivity index (χ1n) is 8.18. The number of carbonyl (C=O) groups is 1. The number of carbonyl (C=O) groups excluding carboxylic acids is 1. The number of ether oxygens (including phenoxy) is 1. The summed E-state index contributed by atoms with van der Waals surface area (Å²) in [7, 11) is 1.48. The summed E-state index contributed by atoms with van der Waals surface area (Å²) in [6, 6.07) is 11.1. The first-order valence-corrected chi connectivity index (χ1v) is 8.56. The van der Waals surface area contributed by atoms with E-state index in [1.807, 2.05) is 18.2 Å². The van der Waals surface area contributed by atoms with Crippen LogP contribution >= 0.6 is 11.6 Å². The number of phenolic OH excluding ortho intramolecular Hbond substituents is 1. The second-order valence-electron chi connectivity index (χ2n) is 6.09. The Bertz CT molecular complexity index is 758. The Kier molecular flexibility index (Phi) is 5.46. The number of benzene rings is 2. The van der Waals surface area contributed by atoms with Gasteiger partial charge in [-0.25, -0.2) is 0 Å². The third-order valence-electron chi connectivity index (χ3n) is 4.47. The van der Waals surface area contributed by atoms with Crippen molar-refractivity contribution in [3.63, 3.8) is 0 Å². The van der Waals surface area contributed by atoms with Crippen molar-refractivity contribution in [2.45, 2.75) is 6.54 Å². The number of methoxy groups -OCH3 is 1. The van der Waals surface area contributed by atoms with Crippen LogP contribution in [0.4, 0.5) is 5.69 Å². The molecule has 6 heteroatoms. The average molecular weight is 361 g/mol. The maximum Gasteiger partial charge on any atom is 0.162 e. The van der Waals surface area contributed by atoms with Crippen LogP contribution < -0.4 is 9.64 Å². The van der Waals surface area contributed by atoms with Gasteiger partial charge in [0, 0.05) is 54.6 Å². The first kappa shape index (κ1) is 17.6. The van der Waals surface area contributed by atoms with Gasteiger partial charge in [-0.1, -0.05) is 17.7 Å². The van der Waals surface area contributed by atoms with Gasteiger partial charge in [-0.05, 0) is 30.3 Å². The Morgan fingerprint density at radius 2 is 1.96 bits per heavy atom. The summed E-state index contributed by atoms with van der Waals surface area (Å²) >= 11 is 6.07. The molecule has 0 amide bonds. The summed E-state index contributed by atoms with van der Waals surface area (Å²) in [5.41, 5.74) is 2.33. The van der Waals surface area contributed by atoms with E-state index in [9.17, 15) is 9.90 Å². The number of aldehydes is 1. The number of anilines is 1. The van der Waals surface area contributed by atoms with Crippen molar-refractivity contribution in [3.8, 4) is 11.5 Å². The molecule has 1 aliphatic rings. The van der Waals surface area contributed by atoms with Crippen LogP contribution in [-0.2, 0) is 6.54 Å². The molecule has 0 atom stereocenters. The van der Waals surface area contributed by atoms with Crippen LogP contribution in [0.1, 0.15) is 15.9 Å². The van der Waals surface area contributed by atoms with E-state index in [2.05, 4.69) is 15.9 Å². The van der Waals surface area contributed by atoms with Gasteiger partial charge in [0.05, 0.1) is 7.11 Å². The fourth-order valence-corrected chi connectivity index (χ4v) is 3.30. The van der Waals surface area contributed by atoms with Crippen LogP contribution in [-0.4, -0.2) is 49.6 Å². The predicted molar refractivity (Wildman–Crippen MR) is 99.0 cm³/mol. The number of nitrogens with zero attached hydrogens (tertiary/aromatic N) is 2. The lowest BCUT2D eigenvalue weighted by molar-refractivity contribution is 0.112. The number of aromatic hydroxyl groups is 1. The smallest absolute Gasteiger partial charge is 0.162 e. The highest BCUT2D eigenvalue weighted by atomic mass is 35.5. The molecular formula is C19H21ClN2O3. The van der Waals surface area contributed by atoms with Gasteiger partial charge in [0.15, 0.2) is 11.5 Å². The van der Waals surface area contributed by atoms with Crippen LogP contribution in [0, 0.1) is 0 Å². The minimum atomic E-state index is 0.102. The number of phenols is 1. The number of hydrogen-bond donors (Lipinski definition) is 1. The van der Waals surface area contributed by atoms with Gasteiger partial charge in [-0.15, -0.1) is 0 Å². The second kappa shape index (κ2) is 7.76. The van der Waals surface area contributed by atoms with Gasteiger partial charge in [-0.2, -0.15) is 0 Å². The Labute approximate surface area is 152 Å². The molecule has 0 saturated carbocycles. The summed E-state index contributed by atoms with van der Waals surface area (Å²) in [6.07, 6.45) is 0.766. The lowest BCUT2D eigenvalue weighted by Gasteiger charge is -2.36. The second-order valence-corrected chi connectivity index (χ2v) is 6.53. The SMILES string of the molecule is COc1cc(C=O)cc(CN2CCN(c3cccc(Cl)c3)CC2)c1O. The quantitative estimate of drug-likeness (QED) is 0.830.